The minimum absolute atomic E-state index is 0.227. The predicted octanol–water partition coefficient (Wildman–Crippen LogP) is 3.51. The summed E-state index contributed by atoms with van der Waals surface area (Å²) in [6.45, 7) is 9.02. The summed E-state index contributed by atoms with van der Waals surface area (Å²) in [4.78, 5) is 5.72. The van der Waals surface area contributed by atoms with Crippen LogP contribution in [-0.2, 0) is 6.54 Å². The maximum Gasteiger partial charge on any atom is 0.120 e. The molecule has 2 rings (SSSR count). The zero-order valence-electron chi connectivity index (χ0n) is 10.7. The number of nitrogens with zero attached hydrogens (tertiary/aromatic N) is 1. The second kappa shape index (κ2) is 5.02. The Balaban J connectivity index is 1.96. The van der Waals surface area contributed by atoms with E-state index in [0.29, 0.717) is 0 Å². The standard InChI is InChI=1S/C13H18N2OS/c1-8-5-6-12(16-8)9(2)14-7-13-10(3)15-11(4)17-13/h5-6,9,14H,7H2,1-4H3. The van der Waals surface area contributed by atoms with E-state index in [2.05, 4.69) is 24.1 Å². The van der Waals surface area contributed by atoms with Gasteiger partial charge in [-0.3, -0.25) is 0 Å². The molecule has 2 aromatic rings. The molecule has 0 aliphatic rings. The smallest absolute Gasteiger partial charge is 0.120 e. The summed E-state index contributed by atoms with van der Waals surface area (Å²) in [5, 5.41) is 4.59. The summed E-state index contributed by atoms with van der Waals surface area (Å²) in [7, 11) is 0. The molecular weight excluding hydrogens is 232 g/mol. The molecule has 1 unspecified atom stereocenters. The third kappa shape index (κ3) is 2.96. The summed E-state index contributed by atoms with van der Waals surface area (Å²) in [6, 6.07) is 4.25. The van der Waals surface area contributed by atoms with Crippen LogP contribution in [0.15, 0.2) is 16.5 Å². The number of aryl methyl sites for hydroxylation is 3. The fourth-order valence-electron chi connectivity index (χ4n) is 1.77. The minimum atomic E-state index is 0.227. The summed E-state index contributed by atoms with van der Waals surface area (Å²) >= 11 is 1.75. The Labute approximate surface area is 106 Å². The van der Waals surface area contributed by atoms with Gasteiger partial charge >= 0.3 is 0 Å². The zero-order chi connectivity index (χ0) is 12.4. The number of nitrogens with one attached hydrogen (secondary N) is 1. The van der Waals surface area contributed by atoms with Crippen LogP contribution in [0.3, 0.4) is 0 Å². The molecule has 0 aliphatic heterocycles. The highest BCUT2D eigenvalue weighted by atomic mass is 32.1. The van der Waals surface area contributed by atoms with Crippen molar-refractivity contribution >= 4 is 11.3 Å². The molecule has 0 aliphatic carbocycles. The van der Waals surface area contributed by atoms with E-state index in [1.54, 1.807) is 11.3 Å². The van der Waals surface area contributed by atoms with Crippen LogP contribution in [0.5, 0.6) is 0 Å². The third-order valence-corrected chi connectivity index (χ3v) is 3.83. The van der Waals surface area contributed by atoms with Crippen LogP contribution in [0.4, 0.5) is 0 Å². The van der Waals surface area contributed by atoms with Gasteiger partial charge in [0.1, 0.15) is 11.5 Å². The molecule has 0 bridgehead atoms. The van der Waals surface area contributed by atoms with E-state index in [9.17, 15) is 0 Å². The van der Waals surface area contributed by atoms with Crippen molar-refractivity contribution in [2.24, 2.45) is 0 Å². The monoisotopic (exact) mass is 250 g/mol. The van der Waals surface area contributed by atoms with E-state index >= 15 is 0 Å². The summed E-state index contributed by atoms with van der Waals surface area (Å²) < 4.78 is 5.59. The number of thiazole rings is 1. The Morgan fingerprint density at radius 3 is 2.65 bits per heavy atom. The van der Waals surface area contributed by atoms with Gasteiger partial charge in [-0.1, -0.05) is 0 Å². The maximum absolute atomic E-state index is 5.59. The van der Waals surface area contributed by atoms with Gasteiger partial charge in [-0.05, 0) is 39.8 Å². The Kier molecular flexibility index (Phi) is 3.64. The van der Waals surface area contributed by atoms with E-state index in [-0.39, 0.29) is 6.04 Å². The van der Waals surface area contributed by atoms with Crippen molar-refractivity contribution in [3.05, 3.63) is 39.2 Å². The van der Waals surface area contributed by atoms with Gasteiger partial charge < -0.3 is 9.73 Å². The predicted molar refractivity (Wildman–Crippen MR) is 70.3 cm³/mol. The van der Waals surface area contributed by atoms with E-state index in [4.69, 9.17) is 4.42 Å². The number of aromatic nitrogens is 1. The van der Waals surface area contributed by atoms with Crippen molar-refractivity contribution in [1.29, 1.82) is 0 Å². The maximum atomic E-state index is 5.59. The molecule has 1 N–H and O–H groups in total. The Bertz CT molecular complexity index is 501. The van der Waals surface area contributed by atoms with Gasteiger partial charge in [0.2, 0.25) is 0 Å². The molecule has 17 heavy (non-hydrogen) atoms. The van der Waals surface area contributed by atoms with Crippen LogP contribution in [0.25, 0.3) is 0 Å². The topological polar surface area (TPSA) is 38.1 Å². The van der Waals surface area contributed by atoms with Crippen molar-refractivity contribution in [2.45, 2.75) is 40.3 Å². The van der Waals surface area contributed by atoms with E-state index in [1.165, 1.54) is 4.88 Å². The molecule has 2 heterocycles. The second-order valence-corrected chi connectivity index (χ2v) is 5.58. The first kappa shape index (κ1) is 12.3. The van der Waals surface area contributed by atoms with E-state index in [1.807, 2.05) is 26.0 Å². The molecule has 0 spiro atoms. The van der Waals surface area contributed by atoms with Gasteiger partial charge in [0.25, 0.3) is 0 Å². The Morgan fingerprint density at radius 1 is 1.35 bits per heavy atom. The molecule has 0 fully saturated rings. The molecule has 2 aromatic heterocycles. The van der Waals surface area contributed by atoms with Crippen molar-refractivity contribution in [2.75, 3.05) is 0 Å². The number of hydrogen-bond acceptors (Lipinski definition) is 4. The molecule has 0 amide bonds. The molecular formula is C13H18N2OS. The molecule has 0 saturated carbocycles. The normalized spacial score (nSPS) is 12.9. The summed E-state index contributed by atoms with van der Waals surface area (Å²) in [5.74, 6) is 1.94. The Morgan fingerprint density at radius 2 is 2.12 bits per heavy atom. The van der Waals surface area contributed by atoms with Crippen LogP contribution in [0.1, 0.15) is 40.1 Å². The number of hydrogen-bond donors (Lipinski definition) is 1. The van der Waals surface area contributed by atoms with E-state index < -0.39 is 0 Å². The van der Waals surface area contributed by atoms with Crippen molar-refractivity contribution in [3.63, 3.8) is 0 Å². The van der Waals surface area contributed by atoms with E-state index in [0.717, 1.165) is 28.8 Å². The zero-order valence-corrected chi connectivity index (χ0v) is 11.5. The van der Waals surface area contributed by atoms with Crippen LogP contribution in [0, 0.1) is 20.8 Å². The lowest BCUT2D eigenvalue weighted by Crippen LogP contribution is -2.17. The molecule has 4 heteroatoms. The minimum Gasteiger partial charge on any atom is -0.465 e. The largest absolute Gasteiger partial charge is 0.465 e. The fourth-order valence-corrected chi connectivity index (χ4v) is 2.66. The van der Waals surface area contributed by atoms with Gasteiger partial charge in [-0.15, -0.1) is 11.3 Å². The van der Waals surface area contributed by atoms with Gasteiger partial charge in [-0.2, -0.15) is 0 Å². The van der Waals surface area contributed by atoms with Gasteiger partial charge in [-0.25, -0.2) is 4.98 Å². The van der Waals surface area contributed by atoms with Crippen molar-refractivity contribution in [1.82, 2.24) is 10.3 Å². The highest BCUT2D eigenvalue weighted by Gasteiger charge is 2.11. The third-order valence-electron chi connectivity index (χ3n) is 2.76. The molecule has 1 atom stereocenters. The summed E-state index contributed by atoms with van der Waals surface area (Å²) in [5.41, 5.74) is 1.13. The summed E-state index contributed by atoms with van der Waals surface area (Å²) in [6.07, 6.45) is 0. The fraction of sp³-hybridized carbons (Fsp3) is 0.462. The molecule has 92 valence electrons. The highest BCUT2D eigenvalue weighted by Crippen LogP contribution is 2.20. The lowest BCUT2D eigenvalue weighted by atomic mass is 10.2. The molecule has 0 radical (unpaired) electrons. The first-order chi connectivity index (χ1) is 8.06. The van der Waals surface area contributed by atoms with Gasteiger partial charge in [0, 0.05) is 11.4 Å². The van der Waals surface area contributed by atoms with Crippen molar-refractivity contribution < 1.29 is 4.42 Å². The average Bonchev–Trinajstić information content (AvgIpc) is 2.82. The Hall–Kier alpha value is -1.13. The second-order valence-electron chi connectivity index (χ2n) is 4.29. The van der Waals surface area contributed by atoms with Crippen molar-refractivity contribution in [3.8, 4) is 0 Å². The van der Waals surface area contributed by atoms with Crippen LogP contribution in [-0.4, -0.2) is 4.98 Å². The number of rotatable bonds is 4. The molecule has 0 aromatic carbocycles. The van der Waals surface area contributed by atoms with Crippen LogP contribution in [0.2, 0.25) is 0 Å². The number of furan rings is 1. The average molecular weight is 250 g/mol. The first-order valence-corrected chi connectivity index (χ1v) is 6.60. The highest BCUT2D eigenvalue weighted by molar-refractivity contribution is 7.11. The SMILES string of the molecule is Cc1ccc(C(C)NCc2sc(C)nc2C)o1. The quantitative estimate of drug-likeness (QED) is 0.902. The first-order valence-electron chi connectivity index (χ1n) is 5.79. The lowest BCUT2D eigenvalue weighted by Gasteiger charge is -2.10. The van der Waals surface area contributed by atoms with Crippen LogP contribution >= 0.6 is 11.3 Å². The van der Waals surface area contributed by atoms with Gasteiger partial charge in [0.05, 0.1) is 16.7 Å². The molecule has 3 nitrogen and oxygen atoms in total. The van der Waals surface area contributed by atoms with Gasteiger partial charge in [0.15, 0.2) is 0 Å². The molecule has 0 saturated heterocycles. The lowest BCUT2D eigenvalue weighted by molar-refractivity contribution is 0.416. The van der Waals surface area contributed by atoms with Crippen LogP contribution < -0.4 is 5.32 Å².